The Morgan fingerprint density at radius 1 is 1.10 bits per heavy atom. The summed E-state index contributed by atoms with van der Waals surface area (Å²) in [6.07, 6.45) is 1.25. The first-order chi connectivity index (χ1) is 13.3. The van der Waals surface area contributed by atoms with Gasteiger partial charge in [-0.05, 0) is 90.4 Å². The molecule has 0 saturated carbocycles. The van der Waals surface area contributed by atoms with Crippen molar-refractivity contribution < 1.29 is 23.2 Å². The molecule has 0 atom stereocenters. The normalized spacial score (nSPS) is 22.1. The number of halogens is 1. The number of rotatable bonds is 2. The van der Waals surface area contributed by atoms with Crippen LogP contribution in [0.5, 0.6) is 0 Å². The summed E-state index contributed by atoms with van der Waals surface area (Å²) in [5, 5.41) is 0. The molecule has 1 amide bonds. The highest BCUT2D eigenvalue weighted by atomic mass is 19.1. The highest BCUT2D eigenvalue weighted by Crippen LogP contribution is 2.37. The molecule has 0 unspecified atom stereocenters. The molecule has 29 heavy (non-hydrogen) atoms. The van der Waals surface area contributed by atoms with Gasteiger partial charge in [0.2, 0.25) is 0 Å². The third-order valence-corrected chi connectivity index (χ3v) is 6.09. The molecule has 7 heteroatoms. The Morgan fingerprint density at radius 3 is 2.17 bits per heavy atom. The third kappa shape index (κ3) is 4.94. The van der Waals surface area contributed by atoms with E-state index in [-0.39, 0.29) is 17.8 Å². The van der Waals surface area contributed by atoms with Crippen LogP contribution in [0.25, 0.3) is 0 Å². The molecule has 2 saturated heterocycles. The first-order valence-electron chi connectivity index (χ1n) is 10.4. The van der Waals surface area contributed by atoms with Crippen molar-refractivity contribution in [2.45, 2.75) is 84.0 Å². The molecule has 0 aliphatic carbocycles. The Kier molecular flexibility index (Phi) is 5.78. The minimum atomic E-state index is -0.587. The molecule has 160 valence electrons. The van der Waals surface area contributed by atoms with Gasteiger partial charge >= 0.3 is 13.2 Å². The summed E-state index contributed by atoms with van der Waals surface area (Å²) in [5.74, 6) is -0.104. The first-order valence-corrected chi connectivity index (χ1v) is 10.4. The minimum absolute atomic E-state index is 0.186. The number of hydrogen-bond donors (Lipinski definition) is 0. The maximum atomic E-state index is 14.4. The van der Waals surface area contributed by atoms with Gasteiger partial charge in [0, 0.05) is 13.1 Å². The van der Waals surface area contributed by atoms with Crippen molar-refractivity contribution in [2.24, 2.45) is 0 Å². The Hall–Kier alpha value is -1.60. The largest absolute Gasteiger partial charge is 0.494 e. The molecular formula is C22H33BFNO4. The number of ether oxygens (including phenoxy) is 1. The van der Waals surface area contributed by atoms with Gasteiger partial charge in [-0.25, -0.2) is 9.18 Å². The molecule has 1 aromatic carbocycles. The van der Waals surface area contributed by atoms with Crippen LogP contribution in [-0.2, 0) is 14.0 Å². The van der Waals surface area contributed by atoms with Gasteiger partial charge in [0.25, 0.3) is 0 Å². The van der Waals surface area contributed by atoms with E-state index in [0.717, 1.165) is 18.4 Å². The molecule has 0 spiro atoms. The van der Waals surface area contributed by atoms with Gasteiger partial charge in [0.05, 0.1) is 11.2 Å². The third-order valence-electron chi connectivity index (χ3n) is 6.09. The molecule has 3 rings (SSSR count). The minimum Gasteiger partial charge on any atom is -0.444 e. The fraction of sp³-hybridized carbons (Fsp3) is 0.682. The fourth-order valence-corrected chi connectivity index (χ4v) is 3.71. The van der Waals surface area contributed by atoms with Gasteiger partial charge < -0.3 is 18.9 Å². The highest BCUT2D eigenvalue weighted by Gasteiger charge is 2.51. The first kappa shape index (κ1) is 22.1. The lowest BCUT2D eigenvalue weighted by molar-refractivity contribution is 0.00578. The Morgan fingerprint density at radius 2 is 1.66 bits per heavy atom. The zero-order valence-electron chi connectivity index (χ0n) is 18.7. The molecule has 0 bridgehead atoms. The Bertz CT molecular complexity index is 751. The van der Waals surface area contributed by atoms with Crippen molar-refractivity contribution in [3.05, 3.63) is 29.6 Å². The molecule has 0 aromatic heterocycles. The van der Waals surface area contributed by atoms with E-state index in [9.17, 15) is 9.18 Å². The molecular weight excluding hydrogens is 372 g/mol. The average Bonchev–Trinajstić information content (AvgIpc) is 2.81. The second-order valence-electron chi connectivity index (χ2n) is 10.1. The summed E-state index contributed by atoms with van der Waals surface area (Å²) in [7, 11) is -0.587. The van der Waals surface area contributed by atoms with Gasteiger partial charge in [-0.2, -0.15) is 0 Å². The van der Waals surface area contributed by atoms with E-state index < -0.39 is 23.9 Å². The van der Waals surface area contributed by atoms with Crippen molar-refractivity contribution >= 4 is 18.7 Å². The molecule has 0 N–H and O–H groups in total. The zero-order valence-corrected chi connectivity index (χ0v) is 18.7. The van der Waals surface area contributed by atoms with E-state index in [1.807, 2.05) is 54.5 Å². The van der Waals surface area contributed by atoms with Crippen LogP contribution in [0.15, 0.2) is 18.2 Å². The summed E-state index contributed by atoms with van der Waals surface area (Å²) in [4.78, 5) is 14.0. The van der Waals surface area contributed by atoms with Crippen molar-refractivity contribution in [2.75, 3.05) is 13.1 Å². The predicted octanol–water partition coefficient (Wildman–Crippen LogP) is 4.24. The summed E-state index contributed by atoms with van der Waals surface area (Å²) < 4.78 is 32.0. The van der Waals surface area contributed by atoms with E-state index in [0.29, 0.717) is 18.6 Å². The van der Waals surface area contributed by atoms with Crippen LogP contribution in [-0.4, -0.2) is 48.0 Å². The zero-order chi connectivity index (χ0) is 21.6. The van der Waals surface area contributed by atoms with Crippen LogP contribution in [0.3, 0.4) is 0 Å². The number of benzene rings is 1. The van der Waals surface area contributed by atoms with Crippen LogP contribution in [0.1, 0.15) is 72.8 Å². The molecule has 2 heterocycles. The summed E-state index contributed by atoms with van der Waals surface area (Å²) in [6, 6.07) is 5.06. The van der Waals surface area contributed by atoms with Gasteiger partial charge in [-0.3, -0.25) is 0 Å². The number of amides is 1. The maximum absolute atomic E-state index is 14.4. The number of carbonyl (C=O) groups excluding carboxylic acids is 1. The average molecular weight is 405 g/mol. The van der Waals surface area contributed by atoms with Gasteiger partial charge in [-0.15, -0.1) is 0 Å². The van der Waals surface area contributed by atoms with E-state index in [2.05, 4.69) is 0 Å². The van der Waals surface area contributed by atoms with Gasteiger partial charge in [0.15, 0.2) is 0 Å². The quantitative estimate of drug-likeness (QED) is 0.691. The molecule has 2 aliphatic heterocycles. The van der Waals surface area contributed by atoms with E-state index in [4.69, 9.17) is 14.0 Å². The van der Waals surface area contributed by atoms with Crippen LogP contribution < -0.4 is 5.46 Å². The van der Waals surface area contributed by atoms with Gasteiger partial charge in [-0.1, -0.05) is 6.07 Å². The molecule has 2 aliphatic rings. The highest BCUT2D eigenvalue weighted by molar-refractivity contribution is 6.62. The van der Waals surface area contributed by atoms with Gasteiger partial charge in [0.1, 0.15) is 11.4 Å². The molecule has 2 fully saturated rings. The van der Waals surface area contributed by atoms with Crippen molar-refractivity contribution in [1.82, 2.24) is 4.90 Å². The predicted molar refractivity (Wildman–Crippen MR) is 112 cm³/mol. The Balaban J connectivity index is 1.70. The lowest BCUT2D eigenvalue weighted by atomic mass is 9.76. The standard InChI is InChI=1S/C22H33BFNO4/c1-20(2,3)27-19(26)25-10-8-15(9-11-25)16-12-17(14-18(24)13-16)23-28-21(4,5)22(6,7)29-23/h12-15H,8-11H2,1-7H3. The topological polar surface area (TPSA) is 48.0 Å². The summed E-state index contributed by atoms with van der Waals surface area (Å²) >= 11 is 0. The summed E-state index contributed by atoms with van der Waals surface area (Å²) in [6.45, 7) is 14.7. The lowest BCUT2D eigenvalue weighted by Crippen LogP contribution is -2.41. The van der Waals surface area contributed by atoms with E-state index >= 15 is 0 Å². The van der Waals surface area contributed by atoms with Crippen molar-refractivity contribution in [3.63, 3.8) is 0 Å². The number of piperidine rings is 1. The van der Waals surface area contributed by atoms with Crippen molar-refractivity contribution in [3.8, 4) is 0 Å². The smallest absolute Gasteiger partial charge is 0.444 e. The number of carbonyl (C=O) groups is 1. The SMILES string of the molecule is CC(C)(C)OC(=O)N1CCC(c2cc(F)cc(B3OC(C)(C)C(C)(C)O3)c2)CC1. The van der Waals surface area contributed by atoms with E-state index in [1.165, 1.54) is 6.07 Å². The number of likely N-dealkylation sites (tertiary alicyclic amines) is 1. The molecule has 5 nitrogen and oxygen atoms in total. The van der Waals surface area contributed by atoms with Crippen LogP contribution in [0, 0.1) is 5.82 Å². The number of hydrogen-bond acceptors (Lipinski definition) is 4. The monoisotopic (exact) mass is 405 g/mol. The Labute approximate surface area is 174 Å². The van der Waals surface area contributed by atoms with Crippen LogP contribution in [0.4, 0.5) is 9.18 Å². The van der Waals surface area contributed by atoms with Crippen LogP contribution in [0.2, 0.25) is 0 Å². The fourth-order valence-electron chi connectivity index (χ4n) is 3.71. The van der Waals surface area contributed by atoms with Crippen molar-refractivity contribution in [1.29, 1.82) is 0 Å². The van der Waals surface area contributed by atoms with Crippen LogP contribution >= 0.6 is 0 Å². The molecule has 0 radical (unpaired) electrons. The lowest BCUT2D eigenvalue weighted by Gasteiger charge is -2.33. The molecule has 1 aromatic rings. The number of nitrogens with zero attached hydrogens (tertiary/aromatic N) is 1. The van der Waals surface area contributed by atoms with E-state index in [1.54, 1.807) is 11.0 Å². The maximum Gasteiger partial charge on any atom is 0.494 e. The second-order valence-corrected chi connectivity index (χ2v) is 10.1. The summed E-state index contributed by atoms with van der Waals surface area (Å²) in [5.41, 5.74) is 0.187. The second kappa shape index (κ2) is 7.58.